The summed E-state index contributed by atoms with van der Waals surface area (Å²) in [7, 11) is 0. The van der Waals surface area contributed by atoms with Crippen LogP contribution >= 0.6 is 0 Å². The number of hydrogen-bond acceptors (Lipinski definition) is 3. The van der Waals surface area contributed by atoms with Gasteiger partial charge in [-0.05, 0) is 23.3 Å². The summed E-state index contributed by atoms with van der Waals surface area (Å²) in [6, 6.07) is 17.4. The Kier molecular flexibility index (Phi) is 5.79. The molecule has 0 fully saturated rings. The third-order valence-corrected chi connectivity index (χ3v) is 3.09. The Bertz CT molecular complexity index is 553. The number of amides is 1. The summed E-state index contributed by atoms with van der Waals surface area (Å²) in [5.41, 5.74) is 7.69. The van der Waals surface area contributed by atoms with Crippen LogP contribution < -0.4 is 15.8 Å². The third kappa shape index (κ3) is 5.28. The number of nitrogens with two attached hydrogens (primary N) is 1. The Morgan fingerprint density at radius 2 is 1.67 bits per heavy atom. The third-order valence-electron chi connectivity index (χ3n) is 3.09. The highest BCUT2D eigenvalue weighted by Crippen LogP contribution is 2.08. The molecule has 3 N–H and O–H groups in total. The normalized spacial score (nSPS) is 10.1. The molecule has 0 atom stereocenters. The van der Waals surface area contributed by atoms with E-state index < -0.39 is 0 Å². The minimum atomic E-state index is -0.0196. The van der Waals surface area contributed by atoms with E-state index in [9.17, 15) is 4.79 Å². The van der Waals surface area contributed by atoms with Crippen LogP contribution in [0.3, 0.4) is 0 Å². The molecule has 0 saturated heterocycles. The first kappa shape index (κ1) is 15.1. The predicted molar refractivity (Wildman–Crippen MR) is 82.7 cm³/mol. The first-order valence-corrected chi connectivity index (χ1v) is 7.00. The maximum Gasteiger partial charge on any atom is 0.223 e. The van der Waals surface area contributed by atoms with Gasteiger partial charge in [0.2, 0.25) is 5.91 Å². The second-order valence-electron chi connectivity index (χ2n) is 4.71. The number of benzene rings is 2. The highest BCUT2D eigenvalue weighted by atomic mass is 16.5. The van der Waals surface area contributed by atoms with E-state index >= 15 is 0 Å². The fourth-order valence-corrected chi connectivity index (χ4v) is 1.86. The Hall–Kier alpha value is -2.33. The molecular weight excluding hydrogens is 264 g/mol. The van der Waals surface area contributed by atoms with Crippen molar-refractivity contribution in [2.24, 2.45) is 5.73 Å². The van der Waals surface area contributed by atoms with Crippen molar-refractivity contribution in [2.45, 2.75) is 19.5 Å². The molecule has 2 aromatic rings. The summed E-state index contributed by atoms with van der Waals surface area (Å²) in [5.74, 6) is 0.761. The molecule has 0 aromatic heterocycles. The van der Waals surface area contributed by atoms with E-state index in [-0.39, 0.29) is 5.91 Å². The topological polar surface area (TPSA) is 64.3 Å². The number of hydrogen-bond donors (Lipinski definition) is 2. The fraction of sp³-hybridized carbons (Fsp3) is 0.235. The van der Waals surface area contributed by atoms with Crippen LogP contribution in [0, 0.1) is 0 Å². The number of para-hydroxylation sites is 1. The summed E-state index contributed by atoms with van der Waals surface area (Å²) in [6.45, 7) is 1.43. The second-order valence-corrected chi connectivity index (χ2v) is 4.71. The molecule has 0 saturated carbocycles. The minimum Gasteiger partial charge on any atom is -0.493 e. The molecule has 0 radical (unpaired) electrons. The lowest BCUT2D eigenvalue weighted by Crippen LogP contribution is -2.24. The Morgan fingerprint density at radius 1 is 1.00 bits per heavy atom. The standard InChI is InChI=1S/C17H20N2O2/c18-12-14-6-8-15(9-7-14)13-19-17(20)10-11-21-16-4-2-1-3-5-16/h1-9H,10-13,18H2,(H,19,20). The molecule has 110 valence electrons. The molecule has 2 aromatic carbocycles. The Labute approximate surface area is 124 Å². The predicted octanol–water partition coefficient (Wildman–Crippen LogP) is 2.23. The summed E-state index contributed by atoms with van der Waals surface area (Å²) in [4.78, 5) is 11.7. The lowest BCUT2D eigenvalue weighted by molar-refractivity contribution is -0.121. The number of carbonyl (C=O) groups excluding carboxylic acids is 1. The van der Waals surface area contributed by atoms with Gasteiger partial charge in [0.25, 0.3) is 0 Å². The molecule has 0 unspecified atom stereocenters. The van der Waals surface area contributed by atoms with E-state index in [0.29, 0.717) is 26.1 Å². The molecule has 21 heavy (non-hydrogen) atoms. The van der Waals surface area contributed by atoms with Gasteiger partial charge in [0.1, 0.15) is 5.75 Å². The van der Waals surface area contributed by atoms with E-state index in [1.54, 1.807) is 0 Å². The molecule has 0 bridgehead atoms. The maximum absolute atomic E-state index is 11.7. The Balaban J connectivity index is 1.67. The van der Waals surface area contributed by atoms with Gasteiger partial charge >= 0.3 is 0 Å². The van der Waals surface area contributed by atoms with Crippen LogP contribution in [0.5, 0.6) is 5.75 Å². The van der Waals surface area contributed by atoms with Gasteiger partial charge in [-0.3, -0.25) is 4.79 Å². The van der Waals surface area contributed by atoms with Gasteiger partial charge in [-0.25, -0.2) is 0 Å². The fourth-order valence-electron chi connectivity index (χ4n) is 1.86. The van der Waals surface area contributed by atoms with Crippen LogP contribution in [-0.4, -0.2) is 12.5 Å². The van der Waals surface area contributed by atoms with Crippen molar-refractivity contribution in [3.05, 3.63) is 65.7 Å². The van der Waals surface area contributed by atoms with Crippen LogP contribution in [0.4, 0.5) is 0 Å². The van der Waals surface area contributed by atoms with Gasteiger partial charge in [0.15, 0.2) is 0 Å². The lowest BCUT2D eigenvalue weighted by atomic mass is 10.1. The van der Waals surface area contributed by atoms with E-state index in [2.05, 4.69) is 5.32 Å². The van der Waals surface area contributed by atoms with Crippen molar-refractivity contribution in [1.82, 2.24) is 5.32 Å². The number of rotatable bonds is 7. The zero-order valence-corrected chi connectivity index (χ0v) is 11.9. The van der Waals surface area contributed by atoms with E-state index in [4.69, 9.17) is 10.5 Å². The van der Waals surface area contributed by atoms with Gasteiger partial charge in [0.05, 0.1) is 13.0 Å². The van der Waals surface area contributed by atoms with Crippen LogP contribution in [-0.2, 0) is 17.9 Å². The first-order chi connectivity index (χ1) is 10.3. The number of carbonyl (C=O) groups is 1. The van der Waals surface area contributed by atoms with Crippen LogP contribution in [0.2, 0.25) is 0 Å². The van der Waals surface area contributed by atoms with Crippen molar-refractivity contribution in [3.63, 3.8) is 0 Å². The van der Waals surface area contributed by atoms with Crippen LogP contribution in [0.15, 0.2) is 54.6 Å². The molecule has 0 aliphatic rings. The smallest absolute Gasteiger partial charge is 0.223 e. The molecule has 4 nitrogen and oxygen atoms in total. The highest BCUT2D eigenvalue weighted by molar-refractivity contribution is 5.75. The molecule has 2 rings (SSSR count). The summed E-state index contributed by atoms with van der Waals surface area (Å²) >= 11 is 0. The molecule has 4 heteroatoms. The molecule has 0 aliphatic carbocycles. The first-order valence-electron chi connectivity index (χ1n) is 7.00. The maximum atomic E-state index is 11.7. The molecule has 0 spiro atoms. The summed E-state index contributed by atoms with van der Waals surface area (Å²) in [6.07, 6.45) is 0.343. The number of ether oxygens (including phenoxy) is 1. The van der Waals surface area contributed by atoms with Gasteiger partial charge < -0.3 is 15.8 Å². The van der Waals surface area contributed by atoms with Crippen molar-refractivity contribution in [3.8, 4) is 5.75 Å². The average Bonchev–Trinajstić information content (AvgIpc) is 2.54. The summed E-state index contributed by atoms with van der Waals surface area (Å²) in [5, 5.41) is 2.87. The van der Waals surface area contributed by atoms with E-state index in [1.165, 1.54) is 0 Å². The van der Waals surface area contributed by atoms with E-state index in [1.807, 2.05) is 54.6 Å². The molecule has 0 heterocycles. The molecular formula is C17H20N2O2. The monoisotopic (exact) mass is 284 g/mol. The number of nitrogens with one attached hydrogen (secondary N) is 1. The van der Waals surface area contributed by atoms with Crippen LogP contribution in [0.25, 0.3) is 0 Å². The second kappa shape index (κ2) is 8.07. The van der Waals surface area contributed by atoms with Gasteiger partial charge in [-0.1, -0.05) is 42.5 Å². The SMILES string of the molecule is NCc1ccc(CNC(=O)CCOc2ccccc2)cc1. The van der Waals surface area contributed by atoms with Crippen molar-refractivity contribution < 1.29 is 9.53 Å². The average molecular weight is 284 g/mol. The van der Waals surface area contributed by atoms with Gasteiger partial charge in [0, 0.05) is 13.1 Å². The van der Waals surface area contributed by atoms with E-state index in [0.717, 1.165) is 16.9 Å². The summed E-state index contributed by atoms with van der Waals surface area (Å²) < 4.78 is 5.48. The quantitative estimate of drug-likeness (QED) is 0.819. The highest BCUT2D eigenvalue weighted by Gasteiger charge is 2.02. The lowest BCUT2D eigenvalue weighted by Gasteiger charge is -2.07. The van der Waals surface area contributed by atoms with Crippen molar-refractivity contribution in [1.29, 1.82) is 0 Å². The minimum absolute atomic E-state index is 0.0196. The van der Waals surface area contributed by atoms with Gasteiger partial charge in [-0.15, -0.1) is 0 Å². The Morgan fingerprint density at radius 3 is 2.33 bits per heavy atom. The van der Waals surface area contributed by atoms with Crippen LogP contribution in [0.1, 0.15) is 17.5 Å². The van der Waals surface area contributed by atoms with Crippen molar-refractivity contribution in [2.75, 3.05) is 6.61 Å². The van der Waals surface area contributed by atoms with Crippen molar-refractivity contribution >= 4 is 5.91 Å². The zero-order chi connectivity index (χ0) is 14.9. The molecule has 1 amide bonds. The zero-order valence-electron chi connectivity index (χ0n) is 11.9. The van der Waals surface area contributed by atoms with Gasteiger partial charge in [-0.2, -0.15) is 0 Å². The largest absolute Gasteiger partial charge is 0.493 e. The molecule has 0 aliphatic heterocycles.